The maximum absolute atomic E-state index is 11.3. The van der Waals surface area contributed by atoms with E-state index < -0.39 is 0 Å². The number of anilines is 1. The smallest absolute Gasteiger partial charge is 0.239 e. The lowest BCUT2D eigenvalue weighted by atomic mass is 10.2. The van der Waals surface area contributed by atoms with Gasteiger partial charge < -0.3 is 5.32 Å². The van der Waals surface area contributed by atoms with Gasteiger partial charge >= 0.3 is 0 Å². The molecule has 0 aliphatic carbocycles. The van der Waals surface area contributed by atoms with Crippen LogP contribution in [0.25, 0.3) is 20.8 Å². The Balaban J connectivity index is 1.97. The quantitative estimate of drug-likeness (QED) is 0.739. The van der Waals surface area contributed by atoms with Gasteiger partial charge in [-0.2, -0.15) is 0 Å². The van der Waals surface area contributed by atoms with Crippen molar-refractivity contribution in [3.05, 3.63) is 48.5 Å². The number of carbonyl (C=O) groups is 1. The lowest BCUT2D eigenvalue weighted by Crippen LogP contribution is -2.12. The number of benzene rings is 2. The molecule has 0 aliphatic rings. The Kier molecular flexibility index (Phi) is 3.67. The zero-order valence-corrected chi connectivity index (χ0v) is 12.0. The molecule has 0 saturated heterocycles. The molecule has 3 nitrogen and oxygen atoms in total. The van der Waals surface area contributed by atoms with Crippen LogP contribution in [-0.2, 0) is 4.79 Å². The first kappa shape index (κ1) is 13.1. The van der Waals surface area contributed by atoms with E-state index in [-0.39, 0.29) is 11.8 Å². The first-order valence-electron chi connectivity index (χ1n) is 6.08. The van der Waals surface area contributed by atoms with Crippen molar-refractivity contribution in [2.24, 2.45) is 0 Å². The number of aromatic nitrogens is 1. The fourth-order valence-electron chi connectivity index (χ4n) is 1.90. The van der Waals surface area contributed by atoms with Gasteiger partial charge in [0, 0.05) is 11.3 Å². The van der Waals surface area contributed by atoms with E-state index in [9.17, 15) is 4.79 Å². The second kappa shape index (κ2) is 5.61. The van der Waals surface area contributed by atoms with E-state index in [1.165, 1.54) is 0 Å². The molecule has 0 aliphatic heterocycles. The number of hydrogen-bond donors (Lipinski definition) is 1. The van der Waals surface area contributed by atoms with Gasteiger partial charge in [-0.3, -0.25) is 4.79 Å². The van der Waals surface area contributed by atoms with Crippen LogP contribution in [0.3, 0.4) is 0 Å². The molecule has 5 heteroatoms. The van der Waals surface area contributed by atoms with Gasteiger partial charge in [-0.1, -0.05) is 30.3 Å². The highest BCUT2D eigenvalue weighted by Crippen LogP contribution is 2.31. The normalized spacial score (nSPS) is 10.7. The van der Waals surface area contributed by atoms with Crippen molar-refractivity contribution in [2.75, 3.05) is 11.2 Å². The predicted molar refractivity (Wildman–Crippen MR) is 84.4 cm³/mol. The third-order valence-corrected chi connectivity index (χ3v) is 4.12. The van der Waals surface area contributed by atoms with Gasteiger partial charge in [-0.05, 0) is 18.2 Å². The maximum atomic E-state index is 11.3. The fraction of sp³-hybridized carbons (Fsp3) is 0.0667. The molecule has 1 amide bonds. The maximum Gasteiger partial charge on any atom is 0.239 e. The Bertz CT molecular complexity index is 755. The van der Waals surface area contributed by atoms with E-state index in [0.717, 1.165) is 26.5 Å². The number of thiazole rings is 1. The molecule has 0 radical (unpaired) electrons. The van der Waals surface area contributed by atoms with Gasteiger partial charge in [-0.15, -0.1) is 22.9 Å². The van der Waals surface area contributed by atoms with Crippen molar-refractivity contribution in [3.63, 3.8) is 0 Å². The van der Waals surface area contributed by atoms with E-state index in [0.29, 0.717) is 0 Å². The molecule has 0 saturated carbocycles. The van der Waals surface area contributed by atoms with Gasteiger partial charge in [0.2, 0.25) is 5.91 Å². The Hall–Kier alpha value is -1.91. The average molecular weight is 303 g/mol. The summed E-state index contributed by atoms with van der Waals surface area (Å²) in [5.74, 6) is -0.255. The summed E-state index contributed by atoms with van der Waals surface area (Å²) < 4.78 is 1.04. The van der Waals surface area contributed by atoms with Crippen LogP contribution in [0, 0.1) is 0 Å². The van der Waals surface area contributed by atoms with Crippen molar-refractivity contribution < 1.29 is 4.79 Å². The second-order valence-corrected chi connectivity index (χ2v) is 5.55. The lowest BCUT2D eigenvalue weighted by Gasteiger charge is -2.01. The number of fused-ring (bicyclic) bond motifs is 1. The van der Waals surface area contributed by atoms with Gasteiger partial charge in [-0.25, -0.2) is 4.98 Å². The summed E-state index contributed by atoms with van der Waals surface area (Å²) in [6.45, 7) is 0. The van der Waals surface area contributed by atoms with E-state index in [1.807, 2.05) is 48.5 Å². The number of rotatable bonds is 3. The van der Waals surface area contributed by atoms with Crippen molar-refractivity contribution in [1.82, 2.24) is 4.98 Å². The molecule has 2 aromatic carbocycles. The summed E-state index contributed by atoms with van der Waals surface area (Å²) in [4.78, 5) is 15.9. The van der Waals surface area contributed by atoms with Gasteiger partial charge in [0.05, 0.1) is 10.2 Å². The van der Waals surface area contributed by atoms with Crippen molar-refractivity contribution >= 4 is 44.7 Å². The van der Waals surface area contributed by atoms with Crippen LogP contribution in [0.2, 0.25) is 0 Å². The minimum atomic E-state index is -0.209. The van der Waals surface area contributed by atoms with Gasteiger partial charge in [0.1, 0.15) is 10.9 Å². The fourth-order valence-corrected chi connectivity index (χ4v) is 2.98. The molecule has 0 atom stereocenters. The summed E-state index contributed by atoms with van der Waals surface area (Å²) >= 11 is 7.09. The van der Waals surface area contributed by atoms with Gasteiger partial charge in [0.25, 0.3) is 0 Å². The standard InChI is InChI=1S/C15H11ClN2OS/c16-9-14(19)17-11-6-7-12-13(8-11)20-15(18-12)10-4-2-1-3-5-10/h1-8H,9H2,(H,17,19). The van der Waals surface area contributed by atoms with Crippen molar-refractivity contribution in [1.29, 1.82) is 0 Å². The van der Waals surface area contributed by atoms with E-state index in [2.05, 4.69) is 10.3 Å². The number of alkyl halides is 1. The molecule has 3 rings (SSSR count). The molecule has 1 aromatic heterocycles. The number of nitrogens with zero attached hydrogens (tertiary/aromatic N) is 1. The van der Waals surface area contributed by atoms with Crippen LogP contribution in [0.1, 0.15) is 0 Å². The van der Waals surface area contributed by atoms with Crippen molar-refractivity contribution in [2.45, 2.75) is 0 Å². The molecule has 0 unspecified atom stereocenters. The van der Waals surface area contributed by atoms with Crippen LogP contribution in [-0.4, -0.2) is 16.8 Å². The molecular weight excluding hydrogens is 292 g/mol. The summed E-state index contributed by atoms with van der Waals surface area (Å²) in [6.07, 6.45) is 0. The lowest BCUT2D eigenvalue weighted by molar-refractivity contribution is -0.113. The highest BCUT2D eigenvalue weighted by atomic mass is 35.5. The minimum Gasteiger partial charge on any atom is -0.325 e. The Morgan fingerprint density at radius 1 is 1.20 bits per heavy atom. The Morgan fingerprint density at radius 2 is 2.00 bits per heavy atom. The zero-order chi connectivity index (χ0) is 13.9. The summed E-state index contributed by atoms with van der Waals surface area (Å²) in [6, 6.07) is 15.7. The van der Waals surface area contributed by atoms with Crippen LogP contribution in [0.15, 0.2) is 48.5 Å². The van der Waals surface area contributed by atoms with E-state index in [1.54, 1.807) is 11.3 Å². The van der Waals surface area contributed by atoms with Gasteiger partial charge in [0.15, 0.2) is 0 Å². The first-order chi connectivity index (χ1) is 9.76. The average Bonchev–Trinajstić information content (AvgIpc) is 2.91. The van der Waals surface area contributed by atoms with Crippen LogP contribution >= 0.6 is 22.9 Å². The molecule has 1 N–H and O–H groups in total. The molecule has 0 fully saturated rings. The molecule has 20 heavy (non-hydrogen) atoms. The molecule has 1 heterocycles. The molecular formula is C15H11ClN2OS. The highest BCUT2D eigenvalue weighted by Gasteiger charge is 2.07. The number of halogens is 1. The molecule has 0 spiro atoms. The van der Waals surface area contributed by atoms with Crippen LogP contribution in [0.5, 0.6) is 0 Å². The Morgan fingerprint density at radius 3 is 2.75 bits per heavy atom. The summed E-state index contributed by atoms with van der Waals surface area (Å²) in [7, 11) is 0. The number of hydrogen-bond acceptors (Lipinski definition) is 3. The largest absolute Gasteiger partial charge is 0.325 e. The number of nitrogens with one attached hydrogen (secondary N) is 1. The number of carbonyl (C=O) groups excluding carboxylic acids is 1. The van der Waals surface area contributed by atoms with Crippen LogP contribution < -0.4 is 5.32 Å². The zero-order valence-electron chi connectivity index (χ0n) is 10.5. The molecule has 100 valence electrons. The Labute approximate surface area is 125 Å². The third kappa shape index (κ3) is 2.66. The van der Waals surface area contributed by atoms with Crippen LogP contribution in [0.4, 0.5) is 5.69 Å². The van der Waals surface area contributed by atoms with E-state index >= 15 is 0 Å². The molecule has 3 aromatic rings. The van der Waals surface area contributed by atoms with E-state index in [4.69, 9.17) is 11.6 Å². The number of amides is 1. The predicted octanol–water partition coefficient (Wildman–Crippen LogP) is 4.14. The van der Waals surface area contributed by atoms with Crippen molar-refractivity contribution in [3.8, 4) is 10.6 Å². The SMILES string of the molecule is O=C(CCl)Nc1ccc2nc(-c3ccccc3)sc2c1. The second-order valence-electron chi connectivity index (χ2n) is 4.25. The third-order valence-electron chi connectivity index (χ3n) is 2.81. The topological polar surface area (TPSA) is 42.0 Å². The first-order valence-corrected chi connectivity index (χ1v) is 7.43. The minimum absolute atomic E-state index is 0.0456. The summed E-state index contributed by atoms with van der Waals surface area (Å²) in [5, 5.41) is 3.71. The monoisotopic (exact) mass is 302 g/mol. The molecule has 0 bridgehead atoms. The highest BCUT2D eigenvalue weighted by molar-refractivity contribution is 7.21. The summed E-state index contributed by atoms with van der Waals surface area (Å²) in [5.41, 5.74) is 2.77.